The third-order valence-electron chi connectivity index (χ3n) is 4.61. The van der Waals surface area contributed by atoms with Crippen molar-refractivity contribution >= 4 is 16.9 Å². The third kappa shape index (κ3) is 2.29. The molecule has 4 atom stereocenters. The first-order valence-corrected chi connectivity index (χ1v) is 7.77. The third-order valence-corrected chi connectivity index (χ3v) is 4.61. The summed E-state index contributed by atoms with van der Waals surface area (Å²) < 4.78 is 7.33. The molecule has 2 aromatic heterocycles. The Labute approximate surface area is 132 Å². The van der Waals surface area contributed by atoms with Crippen molar-refractivity contribution in [2.24, 2.45) is 0 Å². The molecule has 3 heterocycles. The van der Waals surface area contributed by atoms with Gasteiger partial charge in [-0.2, -0.15) is 0 Å². The Morgan fingerprint density at radius 1 is 1.43 bits per heavy atom. The van der Waals surface area contributed by atoms with Crippen molar-refractivity contribution in [3.05, 3.63) is 18.6 Å². The van der Waals surface area contributed by atoms with Crippen molar-refractivity contribution in [3.63, 3.8) is 0 Å². The van der Waals surface area contributed by atoms with E-state index in [1.54, 1.807) is 10.8 Å². The summed E-state index contributed by atoms with van der Waals surface area (Å²) in [7, 11) is 0. The van der Waals surface area contributed by atoms with E-state index in [0.717, 1.165) is 24.0 Å². The predicted molar refractivity (Wildman–Crippen MR) is 81.8 cm³/mol. The quantitative estimate of drug-likeness (QED) is 0.627. The zero-order chi connectivity index (χ0) is 16.2. The normalized spacial score (nSPS) is 34.2. The minimum atomic E-state index is -1.53. The van der Waals surface area contributed by atoms with Crippen molar-refractivity contribution in [1.82, 2.24) is 14.5 Å². The average Bonchev–Trinajstić information content (AvgIpc) is 3.19. The molecule has 23 heavy (non-hydrogen) atoms. The first-order valence-electron chi connectivity index (χ1n) is 7.77. The van der Waals surface area contributed by atoms with Crippen LogP contribution in [0.2, 0.25) is 0 Å². The highest BCUT2D eigenvalue weighted by atomic mass is 16.6. The van der Waals surface area contributed by atoms with Crippen LogP contribution in [0, 0.1) is 0 Å². The Hall–Kier alpha value is -1.74. The lowest BCUT2D eigenvalue weighted by Gasteiger charge is -2.27. The number of anilines is 1. The van der Waals surface area contributed by atoms with E-state index in [4.69, 9.17) is 4.74 Å². The van der Waals surface area contributed by atoms with Gasteiger partial charge in [0.25, 0.3) is 0 Å². The number of aliphatic hydroxyl groups is 3. The van der Waals surface area contributed by atoms with Crippen molar-refractivity contribution < 1.29 is 20.1 Å². The molecule has 0 aromatic carbocycles. The maximum atomic E-state index is 10.6. The van der Waals surface area contributed by atoms with Crippen LogP contribution in [-0.2, 0) is 4.74 Å². The zero-order valence-electron chi connectivity index (χ0n) is 12.8. The number of ether oxygens (including phenoxy) is 1. The van der Waals surface area contributed by atoms with E-state index in [0.29, 0.717) is 11.7 Å². The SMILES string of the molecule is CC1(O)C(O)C(CO)OC1n1ccc2c(NC3CC3)ncnc21. The molecule has 0 spiro atoms. The van der Waals surface area contributed by atoms with Crippen LogP contribution >= 0.6 is 0 Å². The van der Waals surface area contributed by atoms with Gasteiger partial charge in [0.1, 0.15) is 35.6 Å². The van der Waals surface area contributed by atoms with Crippen LogP contribution in [0.15, 0.2) is 18.6 Å². The minimum Gasteiger partial charge on any atom is -0.394 e. The Bertz CT molecular complexity index is 727. The monoisotopic (exact) mass is 320 g/mol. The van der Waals surface area contributed by atoms with Gasteiger partial charge in [-0.3, -0.25) is 0 Å². The van der Waals surface area contributed by atoms with E-state index < -0.39 is 24.0 Å². The Balaban J connectivity index is 1.74. The molecule has 0 amide bonds. The summed E-state index contributed by atoms with van der Waals surface area (Å²) in [5.74, 6) is 0.758. The lowest BCUT2D eigenvalue weighted by Crippen LogP contribution is -2.44. The number of fused-ring (bicyclic) bond motifs is 1. The summed E-state index contributed by atoms with van der Waals surface area (Å²) in [5.41, 5.74) is -0.923. The molecular formula is C15H20N4O4. The molecule has 8 heteroatoms. The lowest BCUT2D eigenvalue weighted by molar-refractivity contribution is -0.0948. The highest BCUT2D eigenvalue weighted by molar-refractivity contribution is 5.87. The molecule has 2 aromatic rings. The summed E-state index contributed by atoms with van der Waals surface area (Å²) in [6, 6.07) is 2.32. The molecule has 4 unspecified atom stereocenters. The van der Waals surface area contributed by atoms with Gasteiger partial charge in [-0.25, -0.2) is 9.97 Å². The van der Waals surface area contributed by atoms with E-state index in [9.17, 15) is 15.3 Å². The van der Waals surface area contributed by atoms with Crippen LogP contribution in [0.25, 0.3) is 11.0 Å². The maximum absolute atomic E-state index is 10.6. The van der Waals surface area contributed by atoms with Gasteiger partial charge in [0.05, 0.1) is 12.0 Å². The van der Waals surface area contributed by atoms with Gasteiger partial charge >= 0.3 is 0 Å². The molecule has 2 fully saturated rings. The Kier molecular flexibility index (Phi) is 3.31. The zero-order valence-corrected chi connectivity index (χ0v) is 12.8. The summed E-state index contributed by atoms with van der Waals surface area (Å²) in [6.45, 7) is 1.13. The summed E-state index contributed by atoms with van der Waals surface area (Å²) in [6.07, 6.45) is 2.64. The number of hydrogen-bond donors (Lipinski definition) is 4. The fraction of sp³-hybridized carbons (Fsp3) is 0.600. The maximum Gasteiger partial charge on any atom is 0.167 e. The van der Waals surface area contributed by atoms with Gasteiger partial charge in [-0.05, 0) is 25.8 Å². The van der Waals surface area contributed by atoms with Gasteiger partial charge in [-0.1, -0.05) is 0 Å². The Morgan fingerprint density at radius 3 is 2.87 bits per heavy atom. The molecule has 1 aliphatic carbocycles. The summed E-state index contributed by atoms with van der Waals surface area (Å²) in [4.78, 5) is 8.57. The lowest BCUT2D eigenvalue weighted by atomic mass is 9.96. The van der Waals surface area contributed by atoms with E-state index in [1.165, 1.54) is 13.3 Å². The van der Waals surface area contributed by atoms with Crippen molar-refractivity contribution in [2.75, 3.05) is 11.9 Å². The Morgan fingerprint density at radius 2 is 2.22 bits per heavy atom. The van der Waals surface area contributed by atoms with Crippen LogP contribution in [-0.4, -0.2) is 60.3 Å². The molecular weight excluding hydrogens is 300 g/mol. The molecule has 4 N–H and O–H groups in total. The van der Waals surface area contributed by atoms with Gasteiger partial charge in [0.15, 0.2) is 6.23 Å². The molecule has 1 saturated carbocycles. The number of rotatable bonds is 4. The van der Waals surface area contributed by atoms with Gasteiger partial charge in [-0.15, -0.1) is 0 Å². The first kappa shape index (κ1) is 14.8. The summed E-state index contributed by atoms with van der Waals surface area (Å²) in [5, 5.41) is 34.3. The predicted octanol–water partition coefficient (Wildman–Crippen LogP) is 0.00720. The fourth-order valence-electron chi connectivity index (χ4n) is 3.09. The molecule has 1 saturated heterocycles. The molecule has 8 nitrogen and oxygen atoms in total. The molecule has 0 radical (unpaired) electrons. The molecule has 124 valence electrons. The highest BCUT2D eigenvalue weighted by Gasteiger charge is 2.53. The number of nitrogens with zero attached hydrogens (tertiary/aromatic N) is 3. The van der Waals surface area contributed by atoms with Gasteiger partial charge in [0.2, 0.25) is 0 Å². The summed E-state index contributed by atoms with van der Waals surface area (Å²) >= 11 is 0. The number of nitrogens with one attached hydrogen (secondary N) is 1. The van der Waals surface area contributed by atoms with Crippen LogP contribution in [0.3, 0.4) is 0 Å². The molecule has 2 aliphatic rings. The van der Waals surface area contributed by atoms with Crippen molar-refractivity contribution in [2.45, 2.75) is 49.8 Å². The van der Waals surface area contributed by atoms with Gasteiger partial charge in [0, 0.05) is 12.2 Å². The first-order chi connectivity index (χ1) is 11.0. The van der Waals surface area contributed by atoms with E-state index in [-0.39, 0.29) is 6.61 Å². The number of aromatic nitrogens is 3. The second kappa shape index (κ2) is 5.13. The minimum absolute atomic E-state index is 0.365. The van der Waals surface area contributed by atoms with Crippen LogP contribution in [0.5, 0.6) is 0 Å². The van der Waals surface area contributed by atoms with E-state index in [2.05, 4.69) is 15.3 Å². The van der Waals surface area contributed by atoms with Crippen molar-refractivity contribution in [1.29, 1.82) is 0 Å². The largest absolute Gasteiger partial charge is 0.394 e. The van der Waals surface area contributed by atoms with E-state index >= 15 is 0 Å². The van der Waals surface area contributed by atoms with Crippen LogP contribution in [0.4, 0.5) is 5.82 Å². The average molecular weight is 320 g/mol. The number of hydrogen-bond acceptors (Lipinski definition) is 7. The smallest absolute Gasteiger partial charge is 0.167 e. The second-order valence-corrected chi connectivity index (χ2v) is 6.48. The topological polar surface area (TPSA) is 113 Å². The molecule has 1 aliphatic heterocycles. The fourth-order valence-corrected chi connectivity index (χ4v) is 3.09. The number of aliphatic hydroxyl groups excluding tert-OH is 2. The van der Waals surface area contributed by atoms with E-state index in [1.807, 2.05) is 6.07 Å². The molecule has 0 bridgehead atoms. The standard InChI is InChI=1S/C15H20N4O4/c1-15(22)11(21)10(6-20)23-14(15)19-5-4-9-12(18-8-2-3-8)16-7-17-13(9)19/h4-5,7-8,10-11,14,20-22H,2-3,6H2,1H3,(H,16,17,18). The van der Waals surface area contributed by atoms with Crippen LogP contribution < -0.4 is 5.32 Å². The second-order valence-electron chi connectivity index (χ2n) is 6.48. The van der Waals surface area contributed by atoms with Crippen molar-refractivity contribution in [3.8, 4) is 0 Å². The van der Waals surface area contributed by atoms with Gasteiger partial charge < -0.3 is 29.9 Å². The van der Waals surface area contributed by atoms with Crippen LogP contribution in [0.1, 0.15) is 26.0 Å². The highest BCUT2D eigenvalue weighted by Crippen LogP contribution is 2.40. The molecule has 4 rings (SSSR count).